The van der Waals surface area contributed by atoms with Crippen LogP contribution in [0.25, 0.3) is 0 Å². The van der Waals surface area contributed by atoms with E-state index in [1.54, 1.807) is 13.8 Å². The van der Waals surface area contributed by atoms with E-state index in [1.165, 1.54) is 55.7 Å². The zero-order valence-corrected chi connectivity index (χ0v) is 25.1. The van der Waals surface area contributed by atoms with E-state index < -0.39 is 80.9 Å². The summed E-state index contributed by atoms with van der Waals surface area (Å²) in [7, 11) is 0. The van der Waals surface area contributed by atoms with Gasteiger partial charge in [-0.15, -0.1) is 0 Å². The molecule has 0 spiro atoms. The van der Waals surface area contributed by atoms with Gasteiger partial charge in [0.25, 0.3) is 5.12 Å². The Morgan fingerprint density at radius 1 is 1.09 bits per heavy atom. The number of carbonyl (C=O) groups is 4. The molecule has 0 amide bonds. The van der Waals surface area contributed by atoms with Crippen LogP contribution in [0.4, 0.5) is 13.2 Å². The van der Waals surface area contributed by atoms with Gasteiger partial charge in [-0.3, -0.25) is 14.4 Å². The van der Waals surface area contributed by atoms with E-state index in [0.717, 1.165) is 12.2 Å². The van der Waals surface area contributed by atoms with Crippen molar-refractivity contribution in [2.45, 2.75) is 64.1 Å². The number of ketones is 2. The van der Waals surface area contributed by atoms with Gasteiger partial charge < -0.3 is 13.3 Å². The maximum Gasteiger partial charge on any atom is 0.375 e. The number of rotatable bonds is 6. The first-order chi connectivity index (χ1) is 20.8. The third-order valence-electron chi connectivity index (χ3n) is 10.5. The summed E-state index contributed by atoms with van der Waals surface area (Å²) in [5.41, 5.74) is -7.16. The van der Waals surface area contributed by atoms with Crippen LogP contribution in [0.5, 0.6) is 0 Å². The smallest absolute Gasteiger partial charge is 0.375 e. The zero-order chi connectivity index (χ0) is 31.7. The van der Waals surface area contributed by atoms with E-state index in [4.69, 9.17) is 13.3 Å². The van der Waals surface area contributed by atoms with Gasteiger partial charge in [-0.1, -0.05) is 32.1 Å². The highest BCUT2D eigenvalue weighted by Gasteiger charge is 2.78. The fourth-order valence-electron chi connectivity index (χ4n) is 8.33. The van der Waals surface area contributed by atoms with Gasteiger partial charge in [0.15, 0.2) is 22.8 Å². The first-order valence-corrected chi connectivity index (χ1v) is 15.2. The summed E-state index contributed by atoms with van der Waals surface area (Å²) in [5, 5.41) is -0.710. The zero-order valence-electron chi connectivity index (χ0n) is 24.3. The molecule has 6 rings (SSSR count). The Labute approximate surface area is 256 Å². The molecule has 2 unspecified atom stereocenters. The first-order valence-electron chi connectivity index (χ1n) is 14.4. The number of hydrogen-bond donors (Lipinski definition) is 0. The number of ether oxygens (including phenoxy) is 1. The van der Waals surface area contributed by atoms with Gasteiger partial charge in [-0.2, -0.15) is 0 Å². The number of alkyl halides is 2. The second-order valence-corrected chi connectivity index (χ2v) is 13.5. The van der Waals surface area contributed by atoms with Crippen molar-refractivity contribution in [1.82, 2.24) is 0 Å². The SMILES string of the molecule is C[C@@H]1CC2C3C[C@H](F)C4=CC(=O)C=C[C@]4(C)[C@@]3(F)C(=O)C[C@]2(C)[C@@]1(OC(=O)c1ccco1)C(=O)SOCc1ccc(F)cc1. The van der Waals surface area contributed by atoms with Crippen molar-refractivity contribution < 1.29 is 45.7 Å². The van der Waals surface area contributed by atoms with Crippen molar-refractivity contribution >= 4 is 34.7 Å². The van der Waals surface area contributed by atoms with E-state index in [1.807, 2.05) is 0 Å². The van der Waals surface area contributed by atoms with Crippen molar-refractivity contribution in [3.63, 3.8) is 0 Å². The largest absolute Gasteiger partial charge is 0.457 e. The molecule has 1 heterocycles. The van der Waals surface area contributed by atoms with Gasteiger partial charge in [0.05, 0.1) is 30.3 Å². The minimum absolute atomic E-state index is 0.0666. The summed E-state index contributed by atoms with van der Waals surface area (Å²) in [6.45, 7) is 4.66. The molecule has 2 aromatic rings. The van der Waals surface area contributed by atoms with Gasteiger partial charge in [0.1, 0.15) is 12.0 Å². The molecule has 0 bridgehead atoms. The lowest BCUT2D eigenvalue weighted by Gasteiger charge is -2.60. The molecule has 11 heteroatoms. The molecule has 3 saturated carbocycles. The van der Waals surface area contributed by atoms with E-state index in [9.17, 15) is 23.6 Å². The predicted molar refractivity (Wildman–Crippen MR) is 153 cm³/mol. The average Bonchev–Trinajstić information content (AvgIpc) is 3.59. The Balaban J connectivity index is 1.39. The maximum absolute atomic E-state index is 17.5. The van der Waals surface area contributed by atoms with Gasteiger partial charge >= 0.3 is 5.97 Å². The Bertz CT molecular complexity index is 1590. The fraction of sp³-hybridized carbons (Fsp3) is 0.455. The number of furan rings is 1. The number of carbonyl (C=O) groups excluding carboxylic acids is 4. The van der Waals surface area contributed by atoms with Crippen molar-refractivity contribution in [2.75, 3.05) is 0 Å². The third-order valence-corrected chi connectivity index (χ3v) is 11.2. The Morgan fingerprint density at radius 3 is 2.50 bits per heavy atom. The molecule has 0 radical (unpaired) electrons. The molecule has 3 fully saturated rings. The second kappa shape index (κ2) is 10.6. The molecule has 0 saturated heterocycles. The lowest BCUT2D eigenvalue weighted by atomic mass is 9.45. The van der Waals surface area contributed by atoms with E-state index in [2.05, 4.69) is 0 Å². The summed E-state index contributed by atoms with van der Waals surface area (Å²) >= 11 is 0.439. The molecule has 0 aliphatic heterocycles. The first kappa shape index (κ1) is 30.6. The Hall–Kier alpha value is -3.44. The van der Waals surface area contributed by atoms with Gasteiger partial charge in [-0.05, 0) is 73.2 Å². The number of benzene rings is 1. The lowest BCUT2D eigenvalue weighted by Crippen LogP contribution is -2.69. The monoisotopic (exact) mass is 628 g/mol. The van der Waals surface area contributed by atoms with Crippen LogP contribution in [0.15, 0.2) is 70.9 Å². The average molecular weight is 629 g/mol. The molecular formula is C33H31F3O7S. The lowest BCUT2D eigenvalue weighted by molar-refractivity contribution is -0.186. The van der Waals surface area contributed by atoms with E-state index >= 15 is 8.78 Å². The number of fused-ring (bicyclic) bond motifs is 5. The minimum atomic E-state index is -2.56. The molecule has 4 aliphatic carbocycles. The van der Waals surface area contributed by atoms with Crippen molar-refractivity contribution in [3.05, 3.63) is 83.6 Å². The van der Waals surface area contributed by atoms with Crippen LogP contribution in [0.2, 0.25) is 0 Å². The van der Waals surface area contributed by atoms with Crippen LogP contribution in [-0.2, 0) is 29.9 Å². The summed E-state index contributed by atoms with van der Waals surface area (Å²) in [5.74, 6) is -5.53. The Morgan fingerprint density at radius 2 is 1.82 bits per heavy atom. The molecule has 7 nitrogen and oxygen atoms in total. The third kappa shape index (κ3) is 4.22. The highest BCUT2D eigenvalue weighted by Crippen LogP contribution is 2.71. The highest BCUT2D eigenvalue weighted by molar-refractivity contribution is 8.09. The molecule has 1 aromatic heterocycles. The second-order valence-electron chi connectivity index (χ2n) is 12.7. The Kier molecular flexibility index (Phi) is 7.35. The molecule has 0 N–H and O–H groups in total. The van der Waals surface area contributed by atoms with Crippen LogP contribution in [0.3, 0.4) is 0 Å². The van der Waals surface area contributed by atoms with Crippen LogP contribution in [-0.4, -0.2) is 40.1 Å². The standard InChI is InChI=1S/C33H31F3O7S/c1-18-13-22-23-15-25(35)24-14-21(37)10-11-30(24,2)32(23,36)27(38)16-31(22,3)33(18,43-28(39)26-5-4-12-41-26)29(40)44-42-17-19-6-8-20(34)9-7-19/h4-12,14,18,22-23,25H,13,15-17H2,1-3H3/t18-,22?,23?,25+,30+,31+,32+,33+/m1/s1. The quantitative estimate of drug-likeness (QED) is 0.265. The van der Waals surface area contributed by atoms with Crippen LogP contribution >= 0.6 is 12.0 Å². The molecular weight excluding hydrogens is 597 g/mol. The molecule has 8 atom stereocenters. The van der Waals surface area contributed by atoms with Gasteiger partial charge in [0.2, 0.25) is 5.76 Å². The summed E-state index contributed by atoms with van der Waals surface area (Å²) in [6.07, 6.45) is 2.40. The van der Waals surface area contributed by atoms with Crippen molar-refractivity contribution in [1.29, 1.82) is 0 Å². The van der Waals surface area contributed by atoms with Crippen LogP contribution < -0.4 is 0 Å². The van der Waals surface area contributed by atoms with E-state index in [0.29, 0.717) is 17.6 Å². The topological polar surface area (TPSA) is 99.9 Å². The summed E-state index contributed by atoms with van der Waals surface area (Å²) in [4.78, 5) is 53.9. The number of esters is 1. The van der Waals surface area contributed by atoms with E-state index in [-0.39, 0.29) is 30.8 Å². The summed E-state index contributed by atoms with van der Waals surface area (Å²) < 4.78 is 63.7. The number of halogens is 3. The number of allylic oxidation sites excluding steroid dienone is 4. The normalized spacial score (nSPS) is 37.5. The predicted octanol–water partition coefficient (Wildman–Crippen LogP) is 6.48. The maximum atomic E-state index is 17.5. The van der Waals surface area contributed by atoms with Crippen LogP contribution in [0.1, 0.15) is 56.2 Å². The van der Waals surface area contributed by atoms with Gasteiger partial charge in [0, 0.05) is 23.7 Å². The molecule has 44 heavy (non-hydrogen) atoms. The van der Waals surface area contributed by atoms with Gasteiger partial charge in [-0.25, -0.2) is 18.0 Å². The molecule has 4 aliphatic rings. The minimum Gasteiger partial charge on any atom is -0.457 e. The van der Waals surface area contributed by atoms with Crippen molar-refractivity contribution in [3.8, 4) is 0 Å². The number of hydrogen-bond acceptors (Lipinski definition) is 8. The molecule has 1 aromatic carbocycles. The number of Topliss-reactive ketones (excluding diaryl/α,β-unsaturated/α-hetero) is 1. The summed E-state index contributed by atoms with van der Waals surface area (Å²) in [6, 6.07) is 8.34. The van der Waals surface area contributed by atoms with Crippen molar-refractivity contribution in [2.24, 2.45) is 28.6 Å². The van der Waals surface area contributed by atoms with Crippen LogP contribution in [0, 0.1) is 34.4 Å². The highest BCUT2D eigenvalue weighted by atomic mass is 32.2. The fourth-order valence-corrected chi connectivity index (χ4v) is 9.24. The molecule has 232 valence electrons.